The predicted molar refractivity (Wildman–Crippen MR) is 71.9 cm³/mol. The number of aromatic carboxylic acids is 1. The Hall–Kier alpha value is -3.16. The smallest absolute Gasteiger partial charge is 0.356 e. The van der Waals surface area contributed by atoms with Gasteiger partial charge in [-0.15, -0.1) is 0 Å². The van der Waals surface area contributed by atoms with Gasteiger partial charge in [-0.2, -0.15) is 5.10 Å². The van der Waals surface area contributed by atoms with Gasteiger partial charge in [0.15, 0.2) is 11.5 Å². The Morgan fingerprint density at radius 2 is 2.00 bits per heavy atom. The van der Waals surface area contributed by atoms with Crippen molar-refractivity contribution in [1.29, 1.82) is 0 Å². The van der Waals surface area contributed by atoms with Crippen molar-refractivity contribution < 1.29 is 9.90 Å². The molecule has 0 aromatic carbocycles. The lowest BCUT2D eigenvalue weighted by atomic mass is 10.3. The van der Waals surface area contributed by atoms with E-state index in [1.807, 2.05) is 6.92 Å². The third kappa shape index (κ3) is 2.46. The monoisotopic (exact) mass is 282 g/mol. The zero-order chi connectivity index (χ0) is 14.8. The number of carboxylic acids is 1. The Labute approximate surface area is 119 Å². The van der Waals surface area contributed by atoms with E-state index in [0.29, 0.717) is 17.2 Å². The number of hydrogen-bond donors (Lipinski definition) is 1. The van der Waals surface area contributed by atoms with Gasteiger partial charge >= 0.3 is 5.97 Å². The third-order valence-corrected chi connectivity index (χ3v) is 2.74. The van der Waals surface area contributed by atoms with Crippen LogP contribution in [0.1, 0.15) is 16.2 Å². The van der Waals surface area contributed by atoms with Crippen LogP contribution < -0.4 is 0 Å². The van der Waals surface area contributed by atoms with Gasteiger partial charge in [-0.1, -0.05) is 0 Å². The van der Waals surface area contributed by atoms with Crippen molar-refractivity contribution in [2.45, 2.75) is 6.92 Å². The Balaban J connectivity index is 2.19. The quantitative estimate of drug-likeness (QED) is 0.767. The van der Waals surface area contributed by atoms with Crippen molar-refractivity contribution in [3.05, 3.63) is 48.4 Å². The Morgan fingerprint density at radius 3 is 2.62 bits per heavy atom. The van der Waals surface area contributed by atoms with Crippen LogP contribution in [-0.2, 0) is 0 Å². The van der Waals surface area contributed by atoms with Gasteiger partial charge in [0.1, 0.15) is 5.69 Å². The molecule has 21 heavy (non-hydrogen) atoms. The second-order valence-corrected chi connectivity index (χ2v) is 4.24. The van der Waals surface area contributed by atoms with Crippen LogP contribution in [0.5, 0.6) is 0 Å². The van der Waals surface area contributed by atoms with Gasteiger partial charge in [0, 0.05) is 24.7 Å². The van der Waals surface area contributed by atoms with Crippen LogP contribution >= 0.6 is 0 Å². The standard InChI is InChI=1S/C13H10N6O2/c1-8-5-17-10(6-16-8)11-4-9(13(20)21)18-19(11)12-7-14-2-3-15-12/h2-7H,1H3,(H,20,21). The first-order valence-electron chi connectivity index (χ1n) is 6.04. The highest BCUT2D eigenvalue weighted by atomic mass is 16.4. The van der Waals surface area contributed by atoms with Crippen molar-refractivity contribution in [2.24, 2.45) is 0 Å². The van der Waals surface area contributed by atoms with Crippen LogP contribution in [0.15, 0.2) is 37.1 Å². The van der Waals surface area contributed by atoms with E-state index in [1.165, 1.54) is 29.3 Å². The third-order valence-electron chi connectivity index (χ3n) is 2.74. The zero-order valence-corrected chi connectivity index (χ0v) is 11.0. The Kier molecular flexibility index (Phi) is 3.11. The largest absolute Gasteiger partial charge is 0.476 e. The molecule has 0 amide bonds. The first-order valence-corrected chi connectivity index (χ1v) is 6.04. The lowest BCUT2D eigenvalue weighted by Crippen LogP contribution is -2.05. The van der Waals surface area contributed by atoms with Crippen LogP contribution in [0.2, 0.25) is 0 Å². The highest BCUT2D eigenvalue weighted by molar-refractivity contribution is 5.87. The van der Waals surface area contributed by atoms with Gasteiger partial charge in [-0.3, -0.25) is 15.0 Å². The van der Waals surface area contributed by atoms with Crippen LogP contribution in [0, 0.1) is 6.92 Å². The van der Waals surface area contributed by atoms with Crippen LogP contribution in [0.3, 0.4) is 0 Å². The second-order valence-electron chi connectivity index (χ2n) is 4.24. The minimum Gasteiger partial charge on any atom is -0.476 e. The molecule has 0 fully saturated rings. The first kappa shape index (κ1) is 12.9. The molecule has 3 heterocycles. The van der Waals surface area contributed by atoms with E-state index in [1.54, 1.807) is 12.4 Å². The van der Waals surface area contributed by atoms with E-state index < -0.39 is 5.97 Å². The molecule has 0 atom stereocenters. The molecule has 3 aromatic heterocycles. The van der Waals surface area contributed by atoms with E-state index in [2.05, 4.69) is 25.0 Å². The molecular formula is C13H10N6O2. The zero-order valence-electron chi connectivity index (χ0n) is 11.0. The molecule has 1 N–H and O–H groups in total. The summed E-state index contributed by atoms with van der Waals surface area (Å²) in [5, 5.41) is 13.1. The molecule has 0 saturated heterocycles. The number of nitrogens with zero attached hydrogens (tertiary/aromatic N) is 6. The van der Waals surface area contributed by atoms with Gasteiger partial charge in [-0.05, 0) is 6.92 Å². The van der Waals surface area contributed by atoms with E-state index in [9.17, 15) is 4.79 Å². The maximum Gasteiger partial charge on any atom is 0.356 e. The van der Waals surface area contributed by atoms with Gasteiger partial charge in [-0.25, -0.2) is 14.5 Å². The molecule has 0 spiro atoms. The molecule has 3 rings (SSSR count). The highest BCUT2D eigenvalue weighted by Gasteiger charge is 2.17. The number of carbonyl (C=O) groups is 1. The topological polar surface area (TPSA) is 107 Å². The molecule has 0 bridgehead atoms. The fourth-order valence-corrected chi connectivity index (χ4v) is 1.77. The maximum atomic E-state index is 11.1. The second kappa shape index (κ2) is 5.08. The number of rotatable bonds is 3. The van der Waals surface area contributed by atoms with Crippen molar-refractivity contribution in [3.63, 3.8) is 0 Å². The summed E-state index contributed by atoms with van der Waals surface area (Å²) >= 11 is 0. The highest BCUT2D eigenvalue weighted by Crippen LogP contribution is 2.20. The molecule has 0 aliphatic heterocycles. The van der Waals surface area contributed by atoms with Crippen molar-refractivity contribution >= 4 is 5.97 Å². The number of hydrogen-bond acceptors (Lipinski definition) is 6. The lowest BCUT2D eigenvalue weighted by Gasteiger charge is -2.04. The summed E-state index contributed by atoms with van der Waals surface area (Å²) in [6.45, 7) is 1.82. The van der Waals surface area contributed by atoms with Gasteiger partial charge in [0.2, 0.25) is 0 Å². The van der Waals surface area contributed by atoms with E-state index >= 15 is 0 Å². The summed E-state index contributed by atoms with van der Waals surface area (Å²) in [5.74, 6) is -0.721. The van der Waals surface area contributed by atoms with Crippen LogP contribution in [0.4, 0.5) is 0 Å². The van der Waals surface area contributed by atoms with E-state index in [-0.39, 0.29) is 5.69 Å². The van der Waals surface area contributed by atoms with Crippen LogP contribution in [0.25, 0.3) is 17.2 Å². The molecule has 0 saturated carbocycles. The van der Waals surface area contributed by atoms with E-state index in [4.69, 9.17) is 5.11 Å². The van der Waals surface area contributed by atoms with Crippen molar-refractivity contribution in [1.82, 2.24) is 29.7 Å². The number of carboxylic acid groups (broad SMARTS) is 1. The molecule has 0 unspecified atom stereocenters. The molecular weight excluding hydrogens is 272 g/mol. The fraction of sp³-hybridized carbons (Fsp3) is 0.0769. The Morgan fingerprint density at radius 1 is 1.14 bits per heavy atom. The summed E-state index contributed by atoms with van der Waals surface area (Å²) < 4.78 is 1.38. The summed E-state index contributed by atoms with van der Waals surface area (Å²) in [4.78, 5) is 27.6. The van der Waals surface area contributed by atoms with Crippen LogP contribution in [-0.4, -0.2) is 40.8 Å². The molecule has 0 aliphatic rings. The molecule has 0 aliphatic carbocycles. The normalized spacial score (nSPS) is 10.5. The fourth-order valence-electron chi connectivity index (χ4n) is 1.77. The summed E-state index contributed by atoms with van der Waals surface area (Å²) in [7, 11) is 0. The van der Waals surface area contributed by atoms with Gasteiger partial charge < -0.3 is 5.11 Å². The minimum absolute atomic E-state index is 0.0990. The summed E-state index contributed by atoms with van der Waals surface area (Å²) in [5.41, 5.74) is 1.66. The molecule has 0 radical (unpaired) electrons. The van der Waals surface area contributed by atoms with Gasteiger partial charge in [0.25, 0.3) is 0 Å². The van der Waals surface area contributed by atoms with Crippen molar-refractivity contribution in [3.8, 4) is 17.2 Å². The summed E-state index contributed by atoms with van der Waals surface area (Å²) in [6, 6.07) is 1.43. The Bertz CT molecular complexity index is 782. The predicted octanol–water partition coefficient (Wildman–Crippen LogP) is 1.13. The molecule has 8 heteroatoms. The molecule has 104 valence electrons. The maximum absolute atomic E-state index is 11.1. The SMILES string of the molecule is Cc1cnc(-c2cc(C(=O)O)nn2-c2cnccn2)cn1. The first-order chi connectivity index (χ1) is 10.1. The van der Waals surface area contributed by atoms with Crippen molar-refractivity contribution in [2.75, 3.05) is 0 Å². The average molecular weight is 282 g/mol. The van der Waals surface area contributed by atoms with Gasteiger partial charge in [0.05, 0.1) is 23.8 Å². The number of aromatic nitrogens is 6. The number of aryl methyl sites for hydroxylation is 1. The lowest BCUT2D eigenvalue weighted by molar-refractivity contribution is 0.0690. The average Bonchev–Trinajstić information content (AvgIpc) is 2.94. The van der Waals surface area contributed by atoms with E-state index in [0.717, 1.165) is 5.69 Å². The summed E-state index contributed by atoms with van der Waals surface area (Å²) in [6.07, 6.45) is 7.68. The minimum atomic E-state index is -1.13. The molecule has 8 nitrogen and oxygen atoms in total. The molecule has 3 aromatic rings.